The Morgan fingerprint density at radius 2 is 1.93 bits per heavy atom. The molecule has 0 spiro atoms. The molecule has 5 nitrogen and oxygen atoms in total. The molecule has 0 bridgehead atoms. The lowest BCUT2D eigenvalue weighted by atomic mass is 10.0. The van der Waals surface area contributed by atoms with Crippen molar-refractivity contribution in [2.75, 3.05) is 7.05 Å². The predicted octanol–water partition coefficient (Wildman–Crippen LogP) is 3.52. The van der Waals surface area contributed by atoms with Gasteiger partial charge in [-0.05, 0) is 60.6 Å². The lowest BCUT2D eigenvalue weighted by Crippen LogP contribution is -2.31. The monoisotopic (exact) mass is 360 g/mol. The van der Waals surface area contributed by atoms with Gasteiger partial charge in [-0.15, -0.1) is 0 Å². The third kappa shape index (κ3) is 3.63. The van der Waals surface area contributed by atoms with Gasteiger partial charge in [-0.2, -0.15) is 5.10 Å². The van der Waals surface area contributed by atoms with E-state index in [9.17, 15) is 4.79 Å². The third-order valence-corrected chi connectivity index (χ3v) is 5.55. The summed E-state index contributed by atoms with van der Waals surface area (Å²) in [6, 6.07) is 14.6. The fraction of sp³-hybridized carbons (Fsp3) is 0.318. The molecule has 0 unspecified atom stereocenters. The SMILES string of the molecule is C[C@@H](c1ccc(-n2cncn2)cc1)N(C)C(=O)Cc1ccc2c(c1)CCC2. The van der Waals surface area contributed by atoms with Crippen molar-refractivity contribution in [1.29, 1.82) is 0 Å². The second-order valence-electron chi connectivity index (χ2n) is 7.25. The van der Waals surface area contributed by atoms with E-state index < -0.39 is 0 Å². The number of aryl methyl sites for hydroxylation is 2. The van der Waals surface area contributed by atoms with E-state index in [4.69, 9.17) is 0 Å². The Morgan fingerprint density at radius 3 is 2.67 bits per heavy atom. The van der Waals surface area contributed by atoms with Gasteiger partial charge in [-0.3, -0.25) is 4.79 Å². The fourth-order valence-electron chi connectivity index (χ4n) is 3.72. The van der Waals surface area contributed by atoms with Crippen LogP contribution in [0.5, 0.6) is 0 Å². The Kier molecular flexibility index (Phi) is 4.75. The Morgan fingerprint density at radius 1 is 1.15 bits per heavy atom. The molecule has 1 aliphatic rings. The molecule has 27 heavy (non-hydrogen) atoms. The molecule has 0 fully saturated rings. The van der Waals surface area contributed by atoms with Crippen LogP contribution in [0.1, 0.15) is 41.6 Å². The first-order valence-corrected chi connectivity index (χ1v) is 9.43. The lowest BCUT2D eigenvalue weighted by molar-refractivity contribution is -0.131. The lowest BCUT2D eigenvalue weighted by Gasteiger charge is -2.26. The topological polar surface area (TPSA) is 51.0 Å². The summed E-state index contributed by atoms with van der Waals surface area (Å²) in [4.78, 5) is 18.6. The van der Waals surface area contributed by atoms with E-state index >= 15 is 0 Å². The van der Waals surface area contributed by atoms with Gasteiger partial charge in [0.2, 0.25) is 5.91 Å². The molecule has 0 saturated heterocycles. The molecular formula is C22H24N4O. The summed E-state index contributed by atoms with van der Waals surface area (Å²) < 4.78 is 1.72. The minimum atomic E-state index is 0.0109. The van der Waals surface area contributed by atoms with Crippen LogP contribution >= 0.6 is 0 Å². The number of amides is 1. The average molecular weight is 360 g/mol. The smallest absolute Gasteiger partial charge is 0.227 e. The minimum absolute atomic E-state index is 0.0109. The van der Waals surface area contributed by atoms with Crippen molar-refractivity contribution in [3.8, 4) is 5.69 Å². The normalized spacial score (nSPS) is 14.0. The fourth-order valence-corrected chi connectivity index (χ4v) is 3.72. The van der Waals surface area contributed by atoms with E-state index in [1.807, 2.05) is 36.2 Å². The zero-order valence-corrected chi connectivity index (χ0v) is 15.8. The molecule has 5 heteroatoms. The van der Waals surface area contributed by atoms with E-state index in [-0.39, 0.29) is 11.9 Å². The number of likely N-dealkylation sites (N-methyl/N-ethyl adjacent to an activating group) is 1. The average Bonchev–Trinajstić information content (AvgIpc) is 3.38. The van der Waals surface area contributed by atoms with Crippen LogP contribution in [-0.4, -0.2) is 32.6 Å². The van der Waals surface area contributed by atoms with Crippen molar-refractivity contribution in [2.45, 2.75) is 38.6 Å². The minimum Gasteiger partial charge on any atom is -0.339 e. The van der Waals surface area contributed by atoms with Gasteiger partial charge >= 0.3 is 0 Å². The first kappa shape index (κ1) is 17.5. The third-order valence-electron chi connectivity index (χ3n) is 5.55. The molecule has 1 aliphatic carbocycles. The summed E-state index contributed by atoms with van der Waals surface area (Å²) in [5, 5.41) is 4.14. The highest BCUT2D eigenvalue weighted by Crippen LogP contribution is 2.24. The Balaban J connectivity index is 1.43. The Labute approximate surface area is 159 Å². The van der Waals surface area contributed by atoms with Gasteiger partial charge in [0.25, 0.3) is 0 Å². The number of benzene rings is 2. The zero-order chi connectivity index (χ0) is 18.8. The second kappa shape index (κ2) is 7.35. The van der Waals surface area contributed by atoms with E-state index in [0.29, 0.717) is 6.42 Å². The summed E-state index contributed by atoms with van der Waals surface area (Å²) in [5.41, 5.74) is 6.03. The number of carbonyl (C=O) groups excluding carboxylic acids is 1. The number of fused-ring (bicyclic) bond motifs is 1. The molecule has 1 aromatic heterocycles. The molecule has 4 rings (SSSR count). The molecule has 1 amide bonds. The van der Waals surface area contributed by atoms with E-state index in [0.717, 1.165) is 23.2 Å². The molecular weight excluding hydrogens is 336 g/mol. The van der Waals surface area contributed by atoms with Crippen LogP contribution in [0.3, 0.4) is 0 Å². The number of hydrogen-bond donors (Lipinski definition) is 0. The summed E-state index contributed by atoms with van der Waals surface area (Å²) in [5.74, 6) is 0.140. The van der Waals surface area contributed by atoms with Crippen LogP contribution < -0.4 is 0 Å². The molecule has 138 valence electrons. The van der Waals surface area contributed by atoms with Crippen LogP contribution in [0.2, 0.25) is 0 Å². The van der Waals surface area contributed by atoms with Gasteiger partial charge in [0.05, 0.1) is 18.2 Å². The number of aromatic nitrogens is 3. The number of hydrogen-bond acceptors (Lipinski definition) is 3. The van der Waals surface area contributed by atoms with Gasteiger partial charge in [0, 0.05) is 7.05 Å². The van der Waals surface area contributed by atoms with Crippen LogP contribution in [0, 0.1) is 0 Å². The molecule has 3 aromatic rings. The van der Waals surface area contributed by atoms with Crippen molar-refractivity contribution in [2.24, 2.45) is 0 Å². The summed E-state index contributed by atoms with van der Waals surface area (Å²) in [6.45, 7) is 2.06. The number of carbonyl (C=O) groups is 1. The zero-order valence-electron chi connectivity index (χ0n) is 15.8. The number of rotatable bonds is 5. The van der Waals surface area contributed by atoms with Gasteiger partial charge in [-0.1, -0.05) is 30.3 Å². The molecule has 1 heterocycles. The maximum Gasteiger partial charge on any atom is 0.227 e. The van der Waals surface area contributed by atoms with Crippen LogP contribution in [0.15, 0.2) is 55.1 Å². The summed E-state index contributed by atoms with van der Waals surface area (Å²) >= 11 is 0. The number of nitrogens with zero attached hydrogens (tertiary/aromatic N) is 4. The summed E-state index contributed by atoms with van der Waals surface area (Å²) in [7, 11) is 1.88. The van der Waals surface area contributed by atoms with E-state index in [2.05, 4.69) is 35.2 Å². The highest BCUT2D eigenvalue weighted by molar-refractivity contribution is 5.79. The first-order chi connectivity index (χ1) is 13.1. The maximum absolute atomic E-state index is 12.8. The van der Waals surface area contributed by atoms with Crippen LogP contribution in [0.4, 0.5) is 0 Å². The molecule has 0 radical (unpaired) electrons. The van der Waals surface area contributed by atoms with Crippen molar-refractivity contribution >= 4 is 5.91 Å². The van der Waals surface area contributed by atoms with Gasteiger partial charge in [-0.25, -0.2) is 9.67 Å². The standard InChI is InChI=1S/C22H24N4O/c1-16(18-8-10-21(11-9-18)26-15-23-14-24-26)25(2)22(27)13-17-6-7-19-4-3-5-20(19)12-17/h6-12,14-16H,3-5,13H2,1-2H3/t16-/m0/s1. The highest BCUT2D eigenvalue weighted by atomic mass is 16.2. The molecule has 1 atom stereocenters. The second-order valence-corrected chi connectivity index (χ2v) is 7.25. The maximum atomic E-state index is 12.8. The van der Waals surface area contributed by atoms with Crippen LogP contribution in [-0.2, 0) is 24.1 Å². The quantitative estimate of drug-likeness (QED) is 0.699. The van der Waals surface area contributed by atoms with E-state index in [1.54, 1.807) is 11.0 Å². The van der Waals surface area contributed by atoms with Gasteiger partial charge < -0.3 is 4.90 Å². The van der Waals surface area contributed by atoms with Crippen molar-refractivity contribution < 1.29 is 4.79 Å². The van der Waals surface area contributed by atoms with Gasteiger partial charge in [0.15, 0.2) is 0 Å². The van der Waals surface area contributed by atoms with Gasteiger partial charge in [0.1, 0.15) is 12.7 Å². The highest BCUT2D eigenvalue weighted by Gasteiger charge is 2.19. The summed E-state index contributed by atoms with van der Waals surface area (Å²) in [6.07, 6.45) is 7.18. The molecule has 0 aliphatic heterocycles. The van der Waals surface area contributed by atoms with Crippen molar-refractivity contribution in [3.05, 3.63) is 77.4 Å². The van der Waals surface area contributed by atoms with Crippen molar-refractivity contribution in [3.63, 3.8) is 0 Å². The Bertz CT molecular complexity index is 931. The molecule has 0 N–H and O–H groups in total. The predicted molar refractivity (Wildman–Crippen MR) is 105 cm³/mol. The van der Waals surface area contributed by atoms with E-state index in [1.165, 1.54) is 30.3 Å². The Hall–Kier alpha value is -2.95. The van der Waals surface area contributed by atoms with Crippen molar-refractivity contribution in [1.82, 2.24) is 19.7 Å². The molecule has 2 aromatic carbocycles. The largest absolute Gasteiger partial charge is 0.339 e. The first-order valence-electron chi connectivity index (χ1n) is 9.43. The van der Waals surface area contributed by atoms with Crippen LogP contribution in [0.25, 0.3) is 5.69 Å². The molecule has 0 saturated carbocycles.